The van der Waals surface area contributed by atoms with Crippen LogP contribution in [-0.2, 0) is 9.49 Å². The Labute approximate surface area is 140 Å². The average molecular weight is 435 g/mol. The van der Waals surface area contributed by atoms with Crippen LogP contribution in [0.5, 0.6) is 11.5 Å². The van der Waals surface area contributed by atoms with Crippen LogP contribution in [0.3, 0.4) is 0 Å². The van der Waals surface area contributed by atoms with E-state index in [1.54, 1.807) is 0 Å². The summed E-state index contributed by atoms with van der Waals surface area (Å²) >= 11 is -1.63. The van der Waals surface area contributed by atoms with Crippen molar-refractivity contribution in [1.29, 1.82) is 0 Å². The predicted octanol–water partition coefficient (Wildman–Crippen LogP) is 3.03. The molecule has 0 radical (unpaired) electrons. The zero-order valence-electron chi connectivity index (χ0n) is 11.6. The second-order valence-electron chi connectivity index (χ2n) is 4.59. The van der Waals surface area contributed by atoms with Gasteiger partial charge in [0.05, 0.1) is 0 Å². The first-order valence-corrected chi connectivity index (χ1v) is 8.52. The zero-order chi connectivity index (χ0) is 17.0. The van der Waals surface area contributed by atoms with Crippen molar-refractivity contribution < 1.29 is 26.5 Å². The number of halogens is 3. The van der Waals surface area contributed by atoms with Gasteiger partial charge in [-0.2, -0.15) is 0 Å². The molecule has 0 bridgehead atoms. The van der Waals surface area contributed by atoms with E-state index in [0.717, 1.165) is 12.1 Å². The van der Waals surface area contributed by atoms with Crippen LogP contribution in [0, 0.1) is 11.6 Å². The van der Waals surface area contributed by atoms with Crippen LogP contribution in [0.15, 0.2) is 36.4 Å². The van der Waals surface area contributed by atoms with E-state index < -0.39 is 42.8 Å². The van der Waals surface area contributed by atoms with Crippen LogP contribution in [0.1, 0.15) is 15.9 Å². The van der Waals surface area contributed by atoms with E-state index in [2.05, 4.69) is 0 Å². The lowest BCUT2D eigenvalue weighted by Crippen LogP contribution is -2.16. The molecule has 1 atom stereocenters. The van der Waals surface area contributed by atoms with Gasteiger partial charge in [-0.3, -0.25) is 7.86 Å². The Balaban J connectivity index is 2.31. The molecule has 8 heteroatoms. The summed E-state index contributed by atoms with van der Waals surface area (Å²) in [4.78, 5) is 11.5. The Morgan fingerprint density at radius 3 is 2.61 bits per heavy atom. The summed E-state index contributed by atoms with van der Waals surface area (Å²) in [6.45, 7) is 0. The largest absolute Gasteiger partial charge is 0.454 e. The van der Waals surface area contributed by atoms with Gasteiger partial charge in [-0.05, 0) is 29.8 Å². The van der Waals surface area contributed by atoms with Crippen LogP contribution < -0.4 is 10.5 Å². The lowest BCUT2D eigenvalue weighted by molar-refractivity contribution is 0.0999. The van der Waals surface area contributed by atoms with E-state index >= 15 is 0 Å². The van der Waals surface area contributed by atoms with E-state index in [-0.39, 0.29) is 23.5 Å². The molecule has 1 amide bonds. The third-order valence-corrected chi connectivity index (χ3v) is 3.99. The SMILES string of the molecule is NC(=O)c1cc(Oc2ccc(F)cc2F)ccc1CC(O)I=O. The molecule has 0 heterocycles. The zero-order valence-corrected chi connectivity index (χ0v) is 13.8. The van der Waals surface area contributed by atoms with Crippen molar-refractivity contribution in [2.45, 2.75) is 10.5 Å². The molecule has 2 aromatic carbocycles. The van der Waals surface area contributed by atoms with Crippen molar-refractivity contribution in [2.75, 3.05) is 0 Å². The monoisotopic (exact) mass is 435 g/mol. The van der Waals surface area contributed by atoms with E-state index in [0.29, 0.717) is 11.6 Å². The molecule has 23 heavy (non-hydrogen) atoms. The van der Waals surface area contributed by atoms with Crippen LogP contribution in [-0.4, -0.2) is 15.1 Å². The number of alkyl halides is 1. The molecule has 0 aliphatic carbocycles. The minimum absolute atomic E-state index is 0.0141. The van der Waals surface area contributed by atoms with Crippen LogP contribution in [0.4, 0.5) is 8.78 Å². The molecule has 5 nitrogen and oxygen atoms in total. The minimum atomic E-state index is -1.63. The smallest absolute Gasteiger partial charge is 0.249 e. The topological polar surface area (TPSA) is 89.6 Å². The number of ether oxygens (including phenoxy) is 1. The summed E-state index contributed by atoms with van der Waals surface area (Å²) in [5, 5.41) is 9.45. The average Bonchev–Trinajstić information content (AvgIpc) is 2.51. The van der Waals surface area contributed by atoms with Crippen LogP contribution in [0.2, 0.25) is 0 Å². The standard InChI is InChI=1S/C15H12F2INO4/c16-9-2-4-13(12(17)6-9)23-10-3-1-8(5-14(20)18-22)11(7-10)15(19)21/h1-4,6-7,14,20H,5H2,(H2,19,21). The Hall–Kier alpha value is -1.94. The number of primary amides is 1. The lowest BCUT2D eigenvalue weighted by atomic mass is 10.0. The van der Waals surface area contributed by atoms with Gasteiger partial charge in [0.15, 0.2) is 32.8 Å². The van der Waals surface area contributed by atoms with Crippen molar-refractivity contribution in [3.8, 4) is 11.5 Å². The molecule has 0 aliphatic heterocycles. The minimum Gasteiger partial charge on any atom is -0.454 e. The summed E-state index contributed by atoms with van der Waals surface area (Å²) in [7, 11) is 0. The fourth-order valence-corrected chi connectivity index (χ4v) is 2.58. The molecular formula is C15H12F2INO4. The Bertz CT molecular complexity index is 754. The second-order valence-corrected chi connectivity index (χ2v) is 6.53. The van der Waals surface area contributed by atoms with Crippen molar-refractivity contribution in [2.24, 2.45) is 5.73 Å². The normalized spacial score (nSPS) is 12.0. The first-order valence-electron chi connectivity index (χ1n) is 6.40. The van der Waals surface area contributed by atoms with E-state index in [1.165, 1.54) is 18.2 Å². The number of aliphatic hydroxyl groups excluding tert-OH is 1. The number of aliphatic hydroxyl groups is 1. The third kappa shape index (κ3) is 4.52. The maximum atomic E-state index is 13.6. The van der Waals surface area contributed by atoms with Crippen molar-refractivity contribution in [1.82, 2.24) is 0 Å². The highest BCUT2D eigenvalue weighted by Crippen LogP contribution is 2.27. The molecule has 0 aliphatic rings. The van der Waals surface area contributed by atoms with E-state index in [1.807, 2.05) is 0 Å². The van der Waals surface area contributed by atoms with Gasteiger partial charge < -0.3 is 15.6 Å². The van der Waals surface area contributed by atoms with E-state index in [9.17, 15) is 21.8 Å². The number of amides is 1. The molecular weight excluding hydrogens is 423 g/mol. The first-order chi connectivity index (χ1) is 10.9. The third-order valence-electron chi connectivity index (χ3n) is 2.96. The summed E-state index contributed by atoms with van der Waals surface area (Å²) in [6, 6.07) is 7.04. The van der Waals surface area contributed by atoms with Gasteiger partial charge in [0.1, 0.15) is 15.7 Å². The highest BCUT2D eigenvalue weighted by atomic mass is 127. The van der Waals surface area contributed by atoms with Gasteiger partial charge in [0.2, 0.25) is 5.91 Å². The summed E-state index contributed by atoms with van der Waals surface area (Å²) in [6.07, 6.45) is 0.0141. The van der Waals surface area contributed by atoms with Crippen molar-refractivity contribution in [3.63, 3.8) is 0 Å². The molecule has 2 rings (SSSR count). The number of hydrogen-bond acceptors (Lipinski definition) is 4. The van der Waals surface area contributed by atoms with Gasteiger partial charge in [-0.1, -0.05) is 6.07 Å². The van der Waals surface area contributed by atoms with Gasteiger partial charge in [0, 0.05) is 18.1 Å². The molecule has 0 spiro atoms. The number of nitrogens with two attached hydrogens (primary N) is 1. The number of carbonyl (C=O) groups is 1. The number of benzene rings is 2. The highest BCUT2D eigenvalue weighted by Gasteiger charge is 2.15. The second kappa shape index (κ2) is 7.55. The molecule has 2 aromatic rings. The molecule has 0 fully saturated rings. The molecule has 3 N–H and O–H groups in total. The maximum absolute atomic E-state index is 13.6. The predicted molar refractivity (Wildman–Crippen MR) is 85.8 cm³/mol. The molecule has 1 unspecified atom stereocenters. The molecule has 0 saturated heterocycles. The van der Waals surface area contributed by atoms with Gasteiger partial charge in [0.25, 0.3) is 0 Å². The van der Waals surface area contributed by atoms with E-state index in [4.69, 9.17) is 10.5 Å². The number of hydrogen-bond donors (Lipinski definition) is 2. The molecule has 0 aromatic heterocycles. The number of rotatable bonds is 6. The van der Waals surface area contributed by atoms with Gasteiger partial charge >= 0.3 is 0 Å². The fraction of sp³-hybridized carbons (Fsp3) is 0.133. The van der Waals surface area contributed by atoms with Crippen molar-refractivity contribution >= 4 is 27.1 Å². The van der Waals surface area contributed by atoms with Crippen molar-refractivity contribution in [3.05, 3.63) is 59.2 Å². The number of carbonyl (C=O) groups excluding carboxylic acids is 1. The van der Waals surface area contributed by atoms with Gasteiger partial charge in [-0.25, -0.2) is 8.78 Å². The van der Waals surface area contributed by atoms with Gasteiger partial charge in [-0.15, -0.1) is 0 Å². The molecule has 122 valence electrons. The summed E-state index contributed by atoms with van der Waals surface area (Å²) < 4.78 is 41.4. The first kappa shape index (κ1) is 17.4. The fourth-order valence-electron chi connectivity index (χ4n) is 1.92. The summed E-state index contributed by atoms with van der Waals surface area (Å²) in [5.41, 5.74) is 5.76. The Kier molecular flexibility index (Phi) is 5.72. The Morgan fingerprint density at radius 2 is 2.00 bits per heavy atom. The van der Waals surface area contributed by atoms with Crippen LogP contribution in [0.25, 0.3) is 0 Å². The quantitative estimate of drug-likeness (QED) is 0.540. The van der Waals surface area contributed by atoms with Crippen LogP contribution >= 0.6 is 21.2 Å². The maximum Gasteiger partial charge on any atom is 0.249 e. The summed E-state index contributed by atoms with van der Waals surface area (Å²) in [5.74, 6) is -2.47. The Morgan fingerprint density at radius 1 is 1.26 bits per heavy atom. The highest BCUT2D eigenvalue weighted by molar-refractivity contribution is 14.1. The molecule has 0 saturated carbocycles. The lowest BCUT2D eigenvalue weighted by Gasteiger charge is -2.11.